The highest BCUT2D eigenvalue weighted by atomic mass is 19.4. The van der Waals surface area contributed by atoms with E-state index in [-0.39, 0.29) is 40.5 Å². The van der Waals surface area contributed by atoms with Crippen LogP contribution >= 0.6 is 0 Å². The van der Waals surface area contributed by atoms with E-state index in [1.807, 2.05) is 0 Å². The van der Waals surface area contributed by atoms with E-state index in [0.717, 1.165) is 35.7 Å². The van der Waals surface area contributed by atoms with Gasteiger partial charge in [-0.05, 0) is 12.8 Å². The molecule has 204 valence electrons. The Labute approximate surface area is 217 Å². The van der Waals surface area contributed by atoms with E-state index in [1.165, 1.54) is 44.9 Å². The highest BCUT2D eigenvalue weighted by Gasteiger charge is 2.43. The molecule has 1 fully saturated rings. The molecule has 3 heterocycles. The molecule has 0 unspecified atom stereocenters. The first-order valence-corrected chi connectivity index (χ1v) is 11.6. The maximum Gasteiger partial charge on any atom is 0.434 e. The van der Waals surface area contributed by atoms with E-state index < -0.39 is 24.2 Å². The molecule has 0 aliphatic heterocycles. The molecular formula is C25H20F6N6O2. The molecule has 1 saturated carbocycles. The molecule has 4 aromatic rings. The van der Waals surface area contributed by atoms with Gasteiger partial charge in [0.1, 0.15) is 17.7 Å². The number of alkyl halides is 6. The standard InChI is InChI=1S/C25H20F6N6O2/c1-37-11-16(24(26,27)28)35-22(37)15-7-5-14(6-8-15)20(25(29,30)31)39-17-9-10-32-21(36-17)18-19(13-3-4-13)33-12-34-23(18)38-2/h5-13,20H,3-4H2,1-2H3/t20-/m0/s1. The van der Waals surface area contributed by atoms with Crippen molar-refractivity contribution in [1.29, 1.82) is 0 Å². The van der Waals surface area contributed by atoms with Crippen LogP contribution in [0, 0.1) is 0 Å². The molecule has 39 heavy (non-hydrogen) atoms. The summed E-state index contributed by atoms with van der Waals surface area (Å²) in [5, 5.41) is 0. The van der Waals surface area contributed by atoms with Crippen LogP contribution in [0.25, 0.3) is 22.8 Å². The van der Waals surface area contributed by atoms with Crippen LogP contribution in [-0.4, -0.2) is 42.8 Å². The van der Waals surface area contributed by atoms with Crippen molar-refractivity contribution in [2.75, 3.05) is 7.11 Å². The predicted octanol–water partition coefficient (Wildman–Crippen LogP) is 5.92. The molecule has 0 saturated heterocycles. The number of methoxy groups -OCH3 is 1. The van der Waals surface area contributed by atoms with Crippen molar-refractivity contribution in [3.05, 3.63) is 66.0 Å². The van der Waals surface area contributed by atoms with E-state index in [9.17, 15) is 26.3 Å². The molecule has 0 N–H and O–H groups in total. The lowest BCUT2D eigenvalue weighted by atomic mass is 10.1. The van der Waals surface area contributed by atoms with Gasteiger partial charge in [0.2, 0.25) is 17.9 Å². The summed E-state index contributed by atoms with van der Waals surface area (Å²) in [5.41, 5.74) is -0.161. The van der Waals surface area contributed by atoms with Crippen LogP contribution in [0.5, 0.6) is 11.8 Å². The topological polar surface area (TPSA) is 87.8 Å². The highest BCUT2D eigenvalue weighted by Crippen LogP contribution is 2.45. The molecule has 0 amide bonds. The van der Waals surface area contributed by atoms with Crippen LogP contribution in [0.3, 0.4) is 0 Å². The van der Waals surface area contributed by atoms with Gasteiger partial charge in [-0.3, -0.25) is 0 Å². The first-order valence-electron chi connectivity index (χ1n) is 11.6. The first-order chi connectivity index (χ1) is 18.5. The molecule has 1 aliphatic carbocycles. The lowest BCUT2D eigenvalue weighted by molar-refractivity contribution is -0.198. The maximum absolute atomic E-state index is 14.1. The van der Waals surface area contributed by atoms with Crippen molar-refractivity contribution in [3.63, 3.8) is 0 Å². The number of rotatable bonds is 7. The third kappa shape index (κ3) is 5.49. The van der Waals surface area contributed by atoms with Crippen molar-refractivity contribution >= 4 is 0 Å². The Balaban J connectivity index is 1.45. The van der Waals surface area contributed by atoms with Crippen molar-refractivity contribution in [2.24, 2.45) is 7.05 Å². The number of hydrogen-bond acceptors (Lipinski definition) is 7. The molecule has 0 bridgehead atoms. The minimum atomic E-state index is -4.84. The fourth-order valence-electron chi connectivity index (χ4n) is 4.06. The zero-order chi connectivity index (χ0) is 27.9. The van der Waals surface area contributed by atoms with Gasteiger partial charge in [-0.1, -0.05) is 24.3 Å². The summed E-state index contributed by atoms with van der Waals surface area (Å²) < 4.78 is 93.0. The zero-order valence-corrected chi connectivity index (χ0v) is 20.5. The van der Waals surface area contributed by atoms with Gasteiger partial charge in [0.15, 0.2) is 11.5 Å². The quantitative estimate of drug-likeness (QED) is 0.264. The Bertz CT molecular complexity index is 1480. The molecule has 3 aromatic heterocycles. The minimum absolute atomic E-state index is 0.0516. The van der Waals surface area contributed by atoms with Crippen molar-refractivity contribution in [2.45, 2.75) is 37.2 Å². The largest absolute Gasteiger partial charge is 0.480 e. The second-order valence-corrected chi connectivity index (χ2v) is 8.86. The number of aromatic nitrogens is 6. The number of benzene rings is 1. The minimum Gasteiger partial charge on any atom is -0.480 e. The van der Waals surface area contributed by atoms with E-state index in [2.05, 4.69) is 24.9 Å². The maximum atomic E-state index is 14.1. The van der Waals surface area contributed by atoms with Gasteiger partial charge in [0, 0.05) is 42.6 Å². The molecule has 14 heteroatoms. The van der Waals surface area contributed by atoms with Crippen LogP contribution < -0.4 is 9.47 Å². The SMILES string of the molecule is COc1ncnc(C2CC2)c1-c1nccc(O[C@@H](c2ccc(-c3nc(C(F)(F)F)cn3C)cc2)C(F)(F)F)n1. The second-order valence-electron chi connectivity index (χ2n) is 8.86. The van der Waals surface area contributed by atoms with E-state index >= 15 is 0 Å². The van der Waals surface area contributed by atoms with Crippen molar-refractivity contribution in [3.8, 4) is 34.5 Å². The Hall–Kier alpha value is -4.23. The number of hydrogen-bond donors (Lipinski definition) is 0. The molecule has 0 radical (unpaired) electrons. The Morgan fingerprint density at radius 3 is 2.26 bits per heavy atom. The molecule has 1 aromatic carbocycles. The fraction of sp³-hybridized carbons (Fsp3) is 0.320. The van der Waals surface area contributed by atoms with Crippen LogP contribution in [-0.2, 0) is 13.2 Å². The average molecular weight is 550 g/mol. The number of imidazole rings is 1. The van der Waals surface area contributed by atoms with Crippen LogP contribution in [0.4, 0.5) is 26.3 Å². The Morgan fingerprint density at radius 2 is 1.67 bits per heavy atom. The van der Waals surface area contributed by atoms with Crippen LogP contribution in [0.1, 0.15) is 41.8 Å². The van der Waals surface area contributed by atoms with Gasteiger partial charge < -0.3 is 14.0 Å². The molecular weight excluding hydrogens is 530 g/mol. The molecule has 0 spiro atoms. The summed E-state index contributed by atoms with van der Waals surface area (Å²) in [7, 11) is 2.77. The van der Waals surface area contributed by atoms with E-state index in [4.69, 9.17) is 9.47 Å². The third-order valence-corrected chi connectivity index (χ3v) is 6.03. The third-order valence-electron chi connectivity index (χ3n) is 6.03. The van der Waals surface area contributed by atoms with Crippen LogP contribution in [0.2, 0.25) is 0 Å². The molecule has 5 rings (SSSR count). The van der Waals surface area contributed by atoms with E-state index in [1.54, 1.807) is 0 Å². The number of halogens is 6. The summed E-state index contributed by atoms with van der Waals surface area (Å²) in [6.07, 6.45) is -6.72. The number of aryl methyl sites for hydroxylation is 1. The number of nitrogens with zero attached hydrogens (tertiary/aromatic N) is 6. The van der Waals surface area contributed by atoms with E-state index in [0.29, 0.717) is 11.3 Å². The summed E-state index contributed by atoms with van der Waals surface area (Å²) in [4.78, 5) is 20.3. The normalized spacial score (nSPS) is 14.8. The average Bonchev–Trinajstić information content (AvgIpc) is 3.66. The Kier molecular flexibility index (Phi) is 6.64. The molecule has 1 atom stereocenters. The highest BCUT2D eigenvalue weighted by molar-refractivity contribution is 5.66. The lowest BCUT2D eigenvalue weighted by Crippen LogP contribution is -2.26. The Morgan fingerprint density at radius 1 is 0.949 bits per heavy atom. The predicted molar refractivity (Wildman–Crippen MR) is 125 cm³/mol. The summed E-state index contributed by atoms with van der Waals surface area (Å²) >= 11 is 0. The monoisotopic (exact) mass is 550 g/mol. The summed E-state index contributed by atoms with van der Waals surface area (Å²) in [6, 6.07) is 5.93. The molecule has 8 nitrogen and oxygen atoms in total. The van der Waals surface area contributed by atoms with Crippen molar-refractivity contribution < 1.29 is 35.8 Å². The first kappa shape index (κ1) is 26.4. The van der Waals surface area contributed by atoms with Gasteiger partial charge in [0.25, 0.3) is 0 Å². The fourth-order valence-corrected chi connectivity index (χ4v) is 4.06. The zero-order valence-electron chi connectivity index (χ0n) is 20.5. The van der Waals surface area contributed by atoms with Crippen LogP contribution in [0.15, 0.2) is 49.1 Å². The smallest absolute Gasteiger partial charge is 0.434 e. The van der Waals surface area contributed by atoms with Gasteiger partial charge in [-0.2, -0.15) is 31.3 Å². The second kappa shape index (κ2) is 9.82. The summed E-state index contributed by atoms with van der Waals surface area (Å²) in [6.45, 7) is 0. The number of ether oxygens (including phenoxy) is 2. The molecule has 1 aliphatic rings. The van der Waals surface area contributed by atoms with Gasteiger partial charge >= 0.3 is 12.4 Å². The lowest BCUT2D eigenvalue weighted by Gasteiger charge is -2.22. The van der Waals surface area contributed by atoms with Gasteiger partial charge in [-0.15, -0.1) is 0 Å². The summed E-state index contributed by atoms with van der Waals surface area (Å²) in [5.74, 6) is -0.00643. The van der Waals surface area contributed by atoms with Gasteiger partial charge in [0.05, 0.1) is 12.8 Å². The van der Waals surface area contributed by atoms with Gasteiger partial charge in [-0.25, -0.2) is 19.9 Å². The van der Waals surface area contributed by atoms with Crippen molar-refractivity contribution in [1.82, 2.24) is 29.5 Å².